The molecule has 0 saturated carbocycles. The van der Waals surface area contributed by atoms with Gasteiger partial charge in [-0.15, -0.1) is 0 Å². The van der Waals surface area contributed by atoms with Crippen molar-refractivity contribution in [2.45, 2.75) is 38.5 Å². The van der Waals surface area contributed by atoms with Gasteiger partial charge in [0.25, 0.3) is 5.56 Å². The van der Waals surface area contributed by atoms with Gasteiger partial charge < -0.3 is 9.64 Å². The Balaban J connectivity index is 1.54. The third-order valence-corrected chi connectivity index (χ3v) is 6.40. The number of carbonyl (C=O) groups is 1. The van der Waals surface area contributed by atoms with Crippen molar-refractivity contribution < 1.29 is 9.53 Å². The number of pyridine rings is 1. The average Bonchev–Trinajstić information content (AvgIpc) is 2.79. The third-order valence-electron chi connectivity index (χ3n) is 6.40. The van der Waals surface area contributed by atoms with Crippen LogP contribution in [0.1, 0.15) is 59.2 Å². The number of hydrogen-bond donors (Lipinski definition) is 1. The van der Waals surface area contributed by atoms with Crippen molar-refractivity contribution in [3.63, 3.8) is 0 Å². The van der Waals surface area contributed by atoms with Crippen LogP contribution in [0.5, 0.6) is 0 Å². The highest BCUT2D eigenvalue weighted by molar-refractivity contribution is 6.02. The fourth-order valence-electron chi connectivity index (χ4n) is 4.57. The van der Waals surface area contributed by atoms with Gasteiger partial charge in [0.2, 0.25) is 5.95 Å². The van der Waals surface area contributed by atoms with E-state index in [0.29, 0.717) is 67.6 Å². The van der Waals surface area contributed by atoms with Gasteiger partial charge >= 0.3 is 0 Å². The van der Waals surface area contributed by atoms with E-state index in [4.69, 9.17) is 4.74 Å². The van der Waals surface area contributed by atoms with Gasteiger partial charge in [-0.3, -0.25) is 14.6 Å². The number of carbonyl (C=O) groups excluding carboxylic acids is 1. The van der Waals surface area contributed by atoms with Gasteiger partial charge in [0.1, 0.15) is 0 Å². The molecule has 7 nitrogen and oxygen atoms in total. The van der Waals surface area contributed by atoms with Gasteiger partial charge in [-0.2, -0.15) is 4.98 Å². The van der Waals surface area contributed by atoms with Crippen LogP contribution in [0.4, 0.5) is 5.95 Å². The molecule has 1 N–H and O–H groups in total. The molecule has 160 valence electrons. The van der Waals surface area contributed by atoms with E-state index in [1.54, 1.807) is 6.20 Å². The Bertz CT molecular complexity index is 1190. The zero-order valence-electron chi connectivity index (χ0n) is 17.9. The summed E-state index contributed by atoms with van der Waals surface area (Å²) in [6.45, 7) is 6.88. The number of Topliss-reactive ketones (excluding diaryl/α,β-unsaturated/α-hetero) is 1. The first-order chi connectivity index (χ1) is 15.0. The Morgan fingerprint density at radius 1 is 1.10 bits per heavy atom. The number of benzene rings is 1. The fraction of sp³-hybridized carbons (Fsp3) is 0.417. The molecule has 3 aromatic rings. The van der Waals surface area contributed by atoms with Crippen LogP contribution in [0.2, 0.25) is 0 Å². The van der Waals surface area contributed by atoms with Crippen LogP contribution in [0.15, 0.2) is 35.3 Å². The van der Waals surface area contributed by atoms with Crippen LogP contribution in [-0.4, -0.2) is 47.0 Å². The lowest BCUT2D eigenvalue weighted by Crippen LogP contribution is -2.38. The van der Waals surface area contributed by atoms with Crippen molar-refractivity contribution >= 4 is 22.8 Å². The number of anilines is 1. The van der Waals surface area contributed by atoms with Crippen molar-refractivity contribution in [1.29, 1.82) is 0 Å². The van der Waals surface area contributed by atoms with Gasteiger partial charge in [-0.05, 0) is 34.9 Å². The molecule has 1 fully saturated rings. The van der Waals surface area contributed by atoms with E-state index in [0.717, 1.165) is 11.1 Å². The third kappa shape index (κ3) is 3.63. The number of morpholine rings is 1. The Kier molecular flexibility index (Phi) is 5.06. The topological polar surface area (TPSA) is 88.2 Å². The maximum absolute atomic E-state index is 13.1. The molecule has 3 heterocycles. The molecule has 1 saturated heterocycles. The number of ketones is 1. The first kappa shape index (κ1) is 19.9. The highest BCUT2D eigenvalue weighted by atomic mass is 16.5. The van der Waals surface area contributed by atoms with Crippen LogP contribution in [0, 0.1) is 0 Å². The predicted molar refractivity (Wildman–Crippen MR) is 119 cm³/mol. The number of hydrogen-bond acceptors (Lipinski definition) is 6. The molecule has 0 unspecified atom stereocenters. The van der Waals surface area contributed by atoms with E-state index in [1.165, 1.54) is 5.56 Å². The molecule has 0 radical (unpaired) electrons. The SMILES string of the molecule is CC(C)c1ccc([C@@H]2CC(=O)c3cnc4nc(N5CCOCC5)[nH]c(=O)c4c3C2)cc1. The first-order valence-electron chi connectivity index (χ1n) is 10.9. The molecule has 1 atom stereocenters. The average molecular weight is 418 g/mol. The molecule has 5 rings (SSSR count). The number of ether oxygens (including phenoxy) is 1. The first-order valence-corrected chi connectivity index (χ1v) is 10.9. The number of nitrogens with zero attached hydrogens (tertiary/aromatic N) is 3. The number of H-pyrrole nitrogens is 1. The van der Waals surface area contributed by atoms with Crippen LogP contribution < -0.4 is 10.5 Å². The summed E-state index contributed by atoms with van der Waals surface area (Å²) in [7, 11) is 0. The Morgan fingerprint density at radius 3 is 2.55 bits per heavy atom. The summed E-state index contributed by atoms with van der Waals surface area (Å²) in [5.74, 6) is 1.05. The van der Waals surface area contributed by atoms with Crippen molar-refractivity contribution in [2.24, 2.45) is 0 Å². The van der Waals surface area contributed by atoms with Crippen molar-refractivity contribution in [3.8, 4) is 0 Å². The van der Waals surface area contributed by atoms with Crippen LogP contribution in [0.3, 0.4) is 0 Å². The second-order valence-electron chi connectivity index (χ2n) is 8.69. The second kappa shape index (κ2) is 7.89. The zero-order chi connectivity index (χ0) is 21.5. The standard InChI is InChI=1S/C24H26N4O3/c1-14(2)15-3-5-16(6-4-15)17-11-18-19(20(29)12-17)13-25-22-21(18)23(30)27-24(26-22)28-7-9-31-10-8-28/h3-6,13-14,17H,7-12H2,1-2H3,(H,25,26,27,30)/t17-/m0/s1. The molecule has 7 heteroatoms. The highest BCUT2D eigenvalue weighted by Crippen LogP contribution is 2.35. The number of nitrogens with one attached hydrogen (secondary N) is 1. The molecule has 31 heavy (non-hydrogen) atoms. The number of fused-ring (bicyclic) bond motifs is 3. The predicted octanol–water partition coefficient (Wildman–Crippen LogP) is 3.19. The maximum atomic E-state index is 13.1. The van der Waals surface area contributed by atoms with Crippen LogP contribution >= 0.6 is 0 Å². The zero-order valence-corrected chi connectivity index (χ0v) is 17.9. The summed E-state index contributed by atoms with van der Waals surface area (Å²) in [6, 6.07) is 8.49. The van der Waals surface area contributed by atoms with Crippen molar-refractivity contribution in [2.75, 3.05) is 31.2 Å². The maximum Gasteiger partial charge on any atom is 0.262 e. The Labute approximate surface area is 180 Å². The van der Waals surface area contributed by atoms with Gasteiger partial charge in [0.15, 0.2) is 11.4 Å². The summed E-state index contributed by atoms with van der Waals surface area (Å²) < 4.78 is 5.38. The fourth-order valence-corrected chi connectivity index (χ4v) is 4.57. The lowest BCUT2D eigenvalue weighted by atomic mass is 9.79. The minimum absolute atomic E-state index is 0.0326. The van der Waals surface area contributed by atoms with E-state index in [9.17, 15) is 9.59 Å². The van der Waals surface area contributed by atoms with Gasteiger partial charge in [-0.1, -0.05) is 38.1 Å². The van der Waals surface area contributed by atoms with E-state index < -0.39 is 0 Å². The summed E-state index contributed by atoms with van der Waals surface area (Å²) in [6.07, 6.45) is 2.65. The number of aromatic amines is 1. The van der Waals surface area contributed by atoms with Crippen molar-refractivity contribution in [3.05, 3.63) is 63.1 Å². The molecule has 1 aromatic carbocycles. The Hall–Kier alpha value is -3.06. The minimum Gasteiger partial charge on any atom is -0.378 e. The molecular formula is C24H26N4O3. The summed E-state index contributed by atoms with van der Waals surface area (Å²) >= 11 is 0. The van der Waals surface area contributed by atoms with Crippen LogP contribution in [-0.2, 0) is 11.2 Å². The van der Waals surface area contributed by atoms with E-state index >= 15 is 0 Å². The quantitative estimate of drug-likeness (QED) is 0.703. The van der Waals surface area contributed by atoms with Gasteiger partial charge in [-0.25, -0.2) is 4.98 Å². The Morgan fingerprint density at radius 2 is 1.84 bits per heavy atom. The summed E-state index contributed by atoms with van der Waals surface area (Å²) in [5.41, 5.74) is 3.88. The van der Waals surface area contributed by atoms with Crippen molar-refractivity contribution in [1.82, 2.24) is 15.0 Å². The molecule has 0 amide bonds. The number of rotatable bonds is 3. The lowest BCUT2D eigenvalue weighted by Gasteiger charge is -2.28. The summed E-state index contributed by atoms with van der Waals surface area (Å²) in [5, 5.41) is 0.436. The molecule has 0 bridgehead atoms. The number of aromatic nitrogens is 3. The molecular weight excluding hydrogens is 392 g/mol. The van der Waals surface area contributed by atoms with Crippen LogP contribution in [0.25, 0.3) is 11.0 Å². The monoisotopic (exact) mass is 418 g/mol. The highest BCUT2D eigenvalue weighted by Gasteiger charge is 2.30. The van der Waals surface area contributed by atoms with Gasteiger partial charge in [0.05, 0.1) is 18.6 Å². The molecule has 0 spiro atoms. The lowest BCUT2D eigenvalue weighted by molar-refractivity contribution is 0.0964. The van der Waals surface area contributed by atoms with E-state index in [2.05, 4.69) is 53.1 Å². The van der Waals surface area contributed by atoms with E-state index in [1.807, 2.05) is 4.90 Å². The second-order valence-corrected chi connectivity index (χ2v) is 8.69. The molecule has 2 aromatic heterocycles. The minimum atomic E-state index is -0.237. The molecule has 1 aliphatic heterocycles. The smallest absolute Gasteiger partial charge is 0.262 e. The molecule has 1 aliphatic carbocycles. The largest absolute Gasteiger partial charge is 0.378 e. The normalized spacial score (nSPS) is 19.1. The van der Waals surface area contributed by atoms with Gasteiger partial charge in [0, 0.05) is 31.3 Å². The molecule has 2 aliphatic rings. The van der Waals surface area contributed by atoms with E-state index in [-0.39, 0.29) is 17.3 Å². The summed E-state index contributed by atoms with van der Waals surface area (Å²) in [4.78, 5) is 39.9.